The molecular weight excluding hydrogens is 498 g/mol. The summed E-state index contributed by atoms with van der Waals surface area (Å²) in [6.07, 6.45) is 1.33. The van der Waals surface area contributed by atoms with Gasteiger partial charge in [0.2, 0.25) is 0 Å². The number of pyridine rings is 2. The number of aryl methyl sites for hydroxylation is 1. The number of carbonyl (C=O) groups excluding carboxylic acids is 2. The molecule has 0 aliphatic rings. The van der Waals surface area contributed by atoms with Crippen molar-refractivity contribution in [2.75, 3.05) is 18.5 Å². The van der Waals surface area contributed by atoms with Crippen molar-refractivity contribution in [1.82, 2.24) is 9.55 Å². The topological polar surface area (TPSA) is 109 Å². The van der Waals surface area contributed by atoms with E-state index in [9.17, 15) is 14.4 Å². The highest BCUT2D eigenvalue weighted by molar-refractivity contribution is 6.03. The molecule has 0 saturated carbocycles. The van der Waals surface area contributed by atoms with Gasteiger partial charge in [0.05, 0.1) is 18.6 Å². The number of rotatable bonds is 8. The van der Waals surface area contributed by atoms with Crippen LogP contribution in [-0.4, -0.2) is 34.8 Å². The monoisotopic (exact) mass is 529 g/mol. The van der Waals surface area contributed by atoms with Gasteiger partial charge in [0.25, 0.3) is 5.56 Å². The molecule has 0 radical (unpaired) electrons. The number of ether oxygens (including phenoxy) is 3. The smallest absolute Gasteiger partial charge is 0.417 e. The summed E-state index contributed by atoms with van der Waals surface area (Å²) in [5.41, 5.74) is 0.678. The van der Waals surface area contributed by atoms with Gasteiger partial charge < -0.3 is 14.2 Å². The average Bonchev–Trinajstić information content (AvgIpc) is 2.91. The zero-order chi connectivity index (χ0) is 28.0. The van der Waals surface area contributed by atoms with E-state index < -0.39 is 17.1 Å². The largest absolute Gasteiger partial charge is 0.493 e. The molecule has 0 bridgehead atoms. The molecular formula is C30H31N3O6. The van der Waals surface area contributed by atoms with Crippen LogP contribution in [0.5, 0.6) is 11.5 Å². The summed E-state index contributed by atoms with van der Waals surface area (Å²) < 4.78 is 18.0. The van der Waals surface area contributed by atoms with Crippen LogP contribution in [0.25, 0.3) is 22.2 Å². The number of benzene rings is 2. The van der Waals surface area contributed by atoms with E-state index in [1.807, 2.05) is 18.2 Å². The van der Waals surface area contributed by atoms with Crippen molar-refractivity contribution < 1.29 is 23.8 Å². The Morgan fingerprint density at radius 1 is 0.949 bits per heavy atom. The van der Waals surface area contributed by atoms with Crippen molar-refractivity contribution in [1.29, 1.82) is 0 Å². The maximum Gasteiger partial charge on any atom is 0.417 e. The molecule has 202 valence electrons. The van der Waals surface area contributed by atoms with Crippen LogP contribution in [0, 0.1) is 5.41 Å². The number of para-hydroxylation sites is 1. The van der Waals surface area contributed by atoms with Gasteiger partial charge in [0.15, 0.2) is 0 Å². The minimum Gasteiger partial charge on any atom is -0.493 e. The minimum atomic E-state index is -0.792. The second-order valence-electron chi connectivity index (χ2n) is 9.93. The molecule has 9 heteroatoms. The molecule has 0 unspecified atom stereocenters. The maximum atomic E-state index is 13.4. The summed E-state index contributed by atoms with van der Waals surface area (Å²) in [7, 11) is 1.60. The summed E-state index contributed by atoms with van der Waals surface area (Å²) in [6.45, 7) is 5.99. The predicted molar refractivity (Wildman–Crippen MR) is 149 cm³/mol. The van der Waals surface area contributed by atoms with Crippen molar-refractivity contribution in [3.8, 4) is 22.6 Å². The molecule has 0 saturated heterocycles. The van der Waals surface area contributed by atoms with Crippen LogP contribution in [0.1, 0.15) is 27.2 Å². The van der Waals surface area contributed by atoms with Gasteiger partial charge in [0, 0.05) is 30.6 Å². The number of esters is 1. The Hall–Kier alpha value is -4.66. The lowest BCUT2D eigenvalue weighted by Crippen LogP contribution is -2.27. The van der Waals surface area contributed by atoms with E-state index in [0.29, 0.717) is 46.7 Å². The van der Waals surface area contributed by atoms with Crippen molar-refractivity contribution in [3.63, 3.8) is 0 Å². The van der Waals surface area contributed by atoms with E-state index in [-0.39, 0.29) is 18.3 Å². The van der Waals surface area contributed by atoms with Crippen LogP contribution in [0.4, 0.5) is 10.5 Å². The number of fused-ring (bicyclic) bond motifs is 1. The molecule has 1 N–H and O–H groups in total. The molecule has 0 spiro atoms. The van der Waals surface area contributed by atoms with E-state index in [4.69, 9.17) is 14.2 Å². The Kier molecular flexibility index (Phi) is 8.29. The van der Waals surface area contributed by atoms with Crippen LogP contribution in [0.2, 0.25) is 0 Å². The fourth-order valence-corrected chi connectivity index (χ4v) is 3.88. The quantitative estimate of drug-likeness (QED) is 0.235. The van der Waals surface area contributed by atoms with Crippen molar-refractivity contribution in [2.24, 2.45) is 12.5 Å². The number of hydrogen-bond donors (Lipinski definition) is 1. The maximum absolute atomic E-state index is 13.4. The zero-order valence-corrected chi connectivity index (χ0v) is 22.4. The van der Waals surface area contributed by atoms with Gasteiger partial charge >= 0.3 is 12.1 Å². The number of carbonyl (C=O) groups is 2. The molecule has 0 atom stereocenters. The van der Waals surface area contributed by atoms with Gasteiger partial charge in [-0.1, -0.05) is 30.3 Å². The molecule has 1 amide bonds. The highest BCUT2D eigenvalue weighted by atomic mass is 16.6. The molecule has 0 aliphatic heterocycles. The number of amides is 1. The third-order valence-corrected chi connectivity index (χ3v) is 5.85. The first kappa shape index (κ1) is 27.4. The molecule has 2 heterocycles. The highest BCUT2D eigenvalue weighted by Crippen LogP contribution is 2.34. The third-order valence-electron chi connectivity index (χ3n) is 5.85. The fourth-order valence-electron chi connectivity index (χ4n) is 3.88. The van der Waals surface area contributed by atoms with Gasteiger partial charge in [-0.3, -0.25) is 19.5 Å². The normalized spacial score (nSPS) is 11.2. The van der Waals surface area contributed by atoms with E-state index in [1.54, 1.807) is 82.5 Å². The van der Waals surface area contributed by atoms with E-state index in [2.05, 4.69) is 10.3 Å². The summed E-state index contributed by atoms with van der Waals surface area (Å²) >= 11 is 0. The molecule has 2 aromatic heterocycles. The van der Waals surface area contributed by atoms with E-state index in [1.165, 1.54) is 4.57 Å². The molecule has 4 aromatic rings. The highest BCUT2D eigenvalue weighted by Gasteiger charge is 2.23. The van der Waals surface area contributed by atoms with Crippen LogP contribution in [0.15, 0.2) is 77.7 Å². The Labute approximate surface area is 226 Å². The zero-order valence-electron chi connectivity index (χ0n) is 22.4. The Morgan fingerprint density at radius 2 is 1.69 bits per heavy atom. The second kappa shape index (κ2) is 11.8. The van der Waals surface area contributed by atoms with Crippen LogP contribution in [0.3, 0.4) is 0 Å². The summed E-state index contributed by atoms with van der Waals surface area (Å²) in [5, 5.41) is 3.32. The number of nitrogens with zero attached hydrogens (tertiary/aromatic N) is 2. The van der Waals surface area contributed by atoms with E-state index >= 15 is 0 Å². The average molecular weight is 530 g/mol. The van der Waals surface area contributed by atoms with Gasteiger partial charge in [-0.2, -0.15) is 0 Å². The lowest BCUT2D eigenvalue weighted by molar-refractivity contribution is -0.153. The van der Waals surface area contributed by atoms with Gasteiger partial charge in [-0.05, 0) is 62.7 Å². The first-order chi connectivity index (χ1) is 18.6. The summed E-state index contributed by atoms with van der Waals surface area (Å²) in [5.74, 6) is 0.644. The number of nitrogens with one attached hydrogen (secondary N) is 1. The standard InChI is InChI=1S/C30H31N3O6/c1-30(2,3)28(35)38-18-10-17-37-22-14-8-11-20(19-22)24-23-15-9-16-31-26(23)33(4)27(34)25(24)32-29(36)39-21-12-6-5-7-13-21/h5-9,11-16,19H,10,17-18H2,1-4H3,(H,32,36). The lowest BCUT2D eigenvalue weighted by atomic mass is 9.97. The fraction of sp³-hybridized carbons (Fsp3) is 0.267. The Bertz CT molecular complexity index is 1540. The van der Waals surface area contributed by atoms with Gasteiger partial charge in [-0.15, -0.1) is 0 Å². The molecule has 2 aromatic carbocycles. The van der Waals surface area contributed by atoms with Crippen LogP contribution < -0.4 is 20.3 Å². The summed E-state index contributed by atoms with van der Waals surface area (Å²) in [6, 6.07) is 19.4. The first-order valence-corrected chi connectivity index (χ1v) is 12.6. The van der Waals surface area contributed by atoms with Crippen molar-refractivity contribution >= 4 is 28.8 Å². The number of anilines is 1. The SMILES string of the molecule is Cn1c(=O)c(NC(=O)Oc2ccccc2)c(-c2cccc(OCCCOC(=O)C(C)(C)C)c2)c2cccnc21. The Morgan fingerprint density at radius 3 is 2.44 bits per heavy atom. The molecule has 0 fully saturated rings. The molecule has 9 nitrogen and oxygen atoms in total. The number of hydrogen-bond acceptors (Lipinski definition) is 7. The molecule has 0 aliphatic carbocycles. The van der Waals surface area contributed by atoms with Crippen LogP contribution >= 0.6 is 0 Å². The predicted octanol–water partition coefficient (Wildman–Crippen LogP) is 5.57. The van der Waals surface area contributed by atoms with E-state index in [0.717, 1.165) is 0 Å². The number of aromatic nitrogens is 2. The molecule has 39 heavy (non-hydrogen) atoms. The van der Waals surface area contributed by atoms with Gasteiger partial charge in [-0.25, -0.2) is 9.78 Å². The second-order valence-corrected chi connectivity index (χ2v) is 9.93. The summed E-state index contributed by atoms with van der Waals surface area (Å²) in [4.78, 5) is 42.5. The molecule has 4 rings (SSSR count). The minimum absolute atomic E-state index is 0.0603. The van der Waals surface area contributed by atoms with Crippen molar-refractivity contribution in [3.05, 3.63) is 83.3 Å². The Balaban J connectivity index is 1.61. The van der Waals surface area contributed by atoms with Crippen LogP contribution in [-0.2, 0) is 16.6 Å². The van der Waals surface area contributed by atoms with Crippen molar-refractivity contribution in [2.45, 2.75) is 27.2 Å². The first-order valence-electron chi connectivity index (χ1n) is 12.6. The lowest BCUT2D eigenvalue weighted by Gasteiger charge is -2.17. The van der Waals surface area contributed by atoms with Gasteiger partial charge in [0.1, 0.15) is 22.8 Å². The third kappa shape index (κ3) is 6.62.